The van der Waals surface area contributed by atoms with Gasteiger partial charge in [0.25, 0.3) is 5.91 Å². The summed E-state index contributed by atoms with van der Waals surface area (Å²) in [7, 11) is 0. The van der Waals surface area contributed by atoms with Gasteiger partial charge in [-0.3, -0.25) is 14.7 Å². The fourth-order valence-corrected chi connectivity index (χ4v) is 2.23. The third kappa shape index (κ3) is 3.53. The summed E-state index contributed by atoms with van der Waals surface area (Å²) in [6.07, 6.45) is 3.46. The highest BCUT2D eigenvalue weighted by atomic mass is 16.5. The number of aromatic amines is 1. The molecule has 1 saturated carbocycles. The zero-order valence-electron chi connectivity index (χ0n) is 12.5. The molecule has 1 amide bonds. The molecule has 0 radical (unpaired) electrons. The van der Waals surface area contributed by atoms with Crippen LogP contribution >= 0.6 is 0 Å². The van der Waals surface area contributed by atoms with Crippen molar-refractivity contribution in [2.45, 2.75) is 45.6 Å². The molecule has 0 bridgehead atoms. The summed E-state index contributed by atoms with van der Waals surface area (Å²) in [6, 6.07) is 0.0904. The molecule has 7 heteroatoms. The first kappa shape index (κ1) is 15.3. The van der Waals surface area contributed by atoms with Gasteiger partial charge in [0.15, 0.2) is 5.69 Å². The summed E-state index contributed by atoms with van der Waals surface area (Å²) < 4.78 is 4.92. The van der Waals surface area contributed by atoms with Crippen LogP contribution < -0.4 is 5.73 Å². The molecule has 116 valence electrons. The van der Waals surface area contributed by atoms with Gasteiger partial charge in [0.05, 0.1) is 18.0 Å². The van der Waals surface area contributed by atoms with Crippen molar-refractivity contribution in [3.63, 3.8) is 0 Å². The van der Waals surface area contributed by atoms with E-state index < -0.39 is 5.97 Å². The molecule has 1 heterocycles. The maximum atomic E-state index is 12.6. The maximum Gasteiger partial charge on any atom is 0.325 e. The van der Waals surface area contributed by atoms with E-state index in [4.69, 9.17) is 10.5 Å². The number of nitrogens with two attached hydrogens (primary N) is 1. The Morgan fingerprint density at radius 1 is 1.43 bits per heavy atom. The molecule has 1 aliphatic carbocycles. The number of aryl methyl sites for hydroxylation is 1. The Balaban J connectivity index is 2.13. The second-order valence-corrected chi connectivity index (χ2v) is 5.18. The monoisotopic (exact) mass is 294 g/mol. The van der Waals surface area contributed by atoms with E-state index in [1.165, 1.54) is 4.90 Å². The van der Waals surface area contributed by atoms with E-state index in [-0.39, 0.29) is 24.2 Å². The molecule has 0 spiro atoms. The highest BCUT2D eigenvalue weighted by Crippen LogP contribution is 2.29. The number of nitrogens with zero attached hydrogens (tertiary/aromatic N) is 2. The van der Waals surface area contributed by atoms with Crippen molar-refractivity contribution in [3.8, 4) is 0 Å². The number of esters is 1. The molecular weight excluding hydrogens is 272 g/mol. The van der Waals surface area contributed by atoms with E-state index in [1.807, 2.05) is 6.92 Å². The quantitative estimate of drug-likeness (QED) is 0.734. The number of anilines is 1. The van der Waals surface area contributed by atoms with Gasteiger partial charge in [-0.2, -0.15) is 5.10 Å². The number of H-pyrrole nitrogens is 1. The van der Waals surface area contributed by atoms with E-state index >= 15 is 0 Å². The number of hydrogen-bond acceptors (Lipinski definition) is 5. The van der Waals surface area contributed by atoms with Crippen molar-refractivity contribution in [1.29, 1.82) is 0 Å². The van der Waals surface area contributed by atoms with Crippen molar-refractivity contribution in [3.05, 3.63) is 11.4 Å². The van der Waals surface area contributed by atoms with E-state index in [0.717, 1.165) is 31.4 Å². The molecule has 1 fully saturated rings. The number of rotatable bonds is 7. The fraction of sp³-hybridized carbons (Fsp3) is 0.643. The van der Waals surface area contributed by atoms with Gasteiger partial charge in [-0.1, -0.05) is 13.3 Å². The lowest BCUT2D eigenvalue weighted by molar-refractivity contribution is -0.144. The first-order valence-electron chi connectivity index (χ1n) is 7.37. The highest BCUT2D eigenvalue weighted by molar-refractivity contribution is 5.99. The van der Waals surface area contributed by atoms with Crippen LogP contribution in [0.1, 0.15) is 49.3 Å². The SMILES string of the molecule is CCCc1[nH]nc(C(=O)N(CC(=O)OCC)C2CC2)c1N. The zero-order valence-corrected chi connectivity index (χ0v) is 12.5. The van der Waals surface area contributed by atoms with Gasteiger partial charge < -0.3 is 15.4 Å². The lowest BCUT2D eigenvalue weighted by atomic mass is 10.2. The minimum absolute atomic E-state index is 0.0489. The standard InChI is InChI=1S/C14H22N4O3/c1-3-5-10-12(15)13(17-16-10)14(20)18(9-6-7-9)8-11(19)21-4-2/h9H,3-8,15H2,1-2H3,(H,16,17). The number of amides is 1. The smallest absolute Gasteiger partial charge is 0.325 e. The van der Waals surface area contributed by atoms with Gasteiger partial charge in [-0.05, 0) is 26.2 Å². The molecule has 1 aromatic rings. The lowest BCUT2D eigenvalue weighted by Crippen LogP contribution is -2.38. The number of carbonyl (C=O) groups is 2. The summed E-state index contributed by atoms with van der Waals surface area (Å²) in [5.41, 5.74) is 7.34. The molecule has 2 rings (SSSR count). The van der Waals surface area contributed by atoms with Crippen LogP contribution in [0.2, 0.25) is 0 Å². The average molecular weight is 294 g/mol. The third-order valence-electron chi connectivity index (χ3n) is 3.44. The first-order valence-corrected chi connectivity index (χ1v) is 7.37. The van der Waals surface area contributed by atoms with Crippen LogP contribution in [0, 0.1) is 0 Å². The van der Waals surface area contributed by atoms with Crippen molar-refractivity contribution in [1.82, 2.24) is 15.1 Å². The fourth-order valence-electron chi connectivity index (χ4n) is 2.23. The van der Waals surface area contributed by atoms with Crippen LogP contribution in [0.15, 0.2) is 0 Å². The number of carbonyl (C=O) groups excluding carboxylic acids is 2. The van der Waals surface area contributed by atoms with E-state index in [0.29, 0.717) is 12.3 Å². The van der Waals surface area contributed by atoms with Crippen LogP contribution in [0.3, 0.4) is 0 Å². The van der Waals surface area contributed by atoms with Gasteiger partial charge in [0, 0.05) is 6.04 Å². The van der Waals surface area contributed by atoms with Crippen molar-refractivity contribution in [2.75, 3.05) is 18.9 Å². The molecule has 7 nitrogen and oxygen atoms in total. The highest BCUT2D eigenvalue weighted by Gasteiger charge is 2.36. The predicted molar refractivity (Wildman–Crippen MR) is 77.7 cm³/mol. The molecule has 0 unspecified atom stereocenters. The van der Waals surface area contributed by atoms with Gasteiger partial charge in [0.2, 0.25) is 0 Å². The van der Waals surface area contributed by atoms with Gasteiger partial charge >= 0.3 is 5.97 Å². The van der Waals surface area contributed by atoms with Gasteiger partial charge in [-0.15, -0.1) is 0 Å². The van der Waals surface area contributed by atoms with E-state index in [1.54, 1.807) is 6.92 Å². The number of aromatic nitrogens is 2. The van der Waals surface area contributed by atoms with Crippen LogP contribution in [0.25, 0.3) is 0 Å². The average Bonchev–Trinajstić information content (AvgIpc) is 3.22. The molecule has 0 saturated heterocycles. The van der Waals surface area contributed by atoms with Crippen LogP contribution in [0.4, 0.5) is 5.69 Å². The molecule has 1 aromatic heterocycles. The van der Waals surface area contributed by atoms with Crippen molar-refractivity contribution < 1.29 is 14.3 Å². The molecule has 0 atom stereocenters. The van der Waals surface area contributed by atoms with Crippen LogP contribution in [-0.4, -0.2) is 46.2 Å². The lowest BCUT2D eigenvalue weighted by Gasteiger charge is -2.20. The summed E-state index contributed by atoms with van der Waals surface area (Å²) in [4.78, 5) is 25.7. The molecule has 0 aromatic carbocycles. The Morgan fingerprint density at radius 3 is 2.71 bits per heavy atom. The number of nitrogen functional groups attached to an aromatic ring is 1. The summed E-state index contributed by atoms with van der Waals surface area (Å²) in [6.45, 7) is 4.02. The molecular formula is C14H22N4O3. The first-order chi connectivity index (χ1) is 10.1. The molecule has 3 N–H and O–H groups in total. The van der Waals surface area contributed by atoms with E-state index in [9.17, 15) is 9.59 Å². The largest absolute Gasteiger partial charge is 0.465 e. The van der Waals surface area contributed by atoms with Crippen LogP contribution in [-0.2, 0) is 16.0 Å². The Labute approximate surface area is 123 Å². The minimum Gasteiger partial charge on any atom is -0.465 e. The van der Waals surface area contributed by atoms with Crippen molar-refractivity contribution in [2.24, 2.45) is 0 Å². The summed E-state index contributed by atoms with van der Waals surface area (Å²) >= 11 is 0. The Kier molecular flexibility index (Phi) is 4.82. The second-order valence-electron chi connectivity index (χ2n) is 5.18. The normalized spacial score (nSPS) is 14.0. The number of ether oxygens (including phenoxy) is 1. The second kappa shape index (κ2) is 6.60. The Morgan fingerprint density at radius 2 is 2.14 bits per heavy atom. The van der Waals surface area contributed by atoms with Gasteiger partial charge in [0.1, 0.15) is 6.54 Å². The maximum absolute atomic E-state index is 12.6. The van der Waals surface area contributed by atoms with Gasteiger partial charge in [-0.25, -0.2) is 0 Å². The summed E-state index contributed by atoms with van der Waals surface area (Å²) in [5, 5.41) is 6.84. The van der Waals surface area contributed by atoms with Crippen molar-refractivity contribution >= 4 is 17.6 Å². The van der Waals surface area contributed by atoms with Crippen LogP contribution in [0.5, 0.6) is 0 Å². The minimum atomic E-state index is -0.402. The third-order valence-corrected chi connectivity index (χ3v) is 3.44. The topological polar surface area (TPSA) is 101 Å². The Hall–Kier alpha value is -2.05. The summed E-state index contributed by atoms with van der Waals surface area (Å²) in [5.74, 6) is -0.706. The molecule has 1 aliphatic rings. The number of hydrogen-bond donors (Lipinski definition) is 2. The molecule has 0 aliphatic heterocycles. The zero-order chi connectivity index (χ0) is 15.4. The number of nitrogens with one attached hydrogen (secondary N) is 1. The van der Waals surface area contributed by atoms with E-state index in [2.05, 4.69) is 10.2 Å². The predicted octanol–water partition coefficient (Wildman–Crippen LogP) is 1.11. The Bertz CT molecular complexity index is 522. The molecule has 21 heavy (non-hydrogen) atoms.